The number of benzene rings is 1. The molecule has 2 aromatic rings. The molecule has 2 saturated heterocycles. The largest absolute Gasteiger partial charge is 0.382 e. The molecule has 166 valence electrons. The van der Waals surface area contributed by atoms with Gasteiger partial charge in [-0.05, 0) is 37.7 Å². The van der Waals surface area contributed by atoms with Crippen LogP contribution in [0, 0.1) is 5.92 Å². The summed E-state index contributed by atoms with van der Waals surface area (Å²) >= 11 is 6.37. The second kappa shape index (κ2) is 9.83. The molecule has 31 heavy (non-hydrogen) atoms. The van der Waals surface area contributed by atoms with Gasteiger partial charge in [-0.1, -0.05) is 41.9 Å². The van der Waals surface area contributed by atoms with Crippen LogP contribution in [0.5, 0.6) is 0 Å². The molecule has 0 bridgehead atoms. The van der Waals surface area contributed by atoms with Crippen molar-refractivity contribution in [3.63, 3.8) is 0 Å². The van der Waals surface area contributed by atoms with Crippen molar-refractivity contribution in [1.29, 1.82) is 0 Å². The molecule has 2 aliphatic heterocycles. The summed E-state index contributed by atoms with van der Waals surface area (Å²) < 4.78 is 6.87. The first-order valence-corrected chi connectivity index (χ1v) is 11.4. The number of anilines is 1. The summed E-state index contributed by atoms with van der Waals surface area (Å²) in [6, 6.07) is 9.70. The third-order valence-electron chi connectivity index (χ3n) is 6.31. The van der Waals surface area contributed by atoms with Gasteiger partial charge in [-0.15, -0.1) is 0 Å². The van der Waals surface area contributed by atoms with Gasteiger partial charge in [-0.25, -0.2) is 4.68 Å². The summed E-state index contributed by atoms with van der Waals surface area (Å²) in [6.45, 7) is 4.84. The van der Waals surface area contributed by atoms with Gasteiger partial charge in [0.25, 0.3) is 5.56 Å². The zero-order chi connectivity index (χ0) is 21.8. The number of hydrogen-bond donors (Lipinski definition) is 1. The molecule has 1 N–H and O–H groups in total. The molecule has 2 aliphatic rings. The summed E-state index contributed by atoms with van der Waals surface area (Å²) in [4.78, 5) is 27.6. The molecule has 0 radical (unpaired) electrons. The summed E-state index contributed by atoms with van der Waals surface area (Å²) in [5.74, 6) is 0.428. The second-order valence-electron chi connectivity index (χ2n) is 8.41. The molecular formula is C23H29ClN4O3. The Balaban J connectivity index is 1.41. The number of halogens is 1. The highest BCUT2D eigenvalue weighted by atomic mass is 35.5. The normalized spacial score (nSPS) is 22.9. The number of amides is 1. The van der Waals surface area contributed by atoms with Crippen molar-refractivity contribution in [1.82, 2.24) is 14.7 Å². The van der Waals surface area contributed by atoms with E-state index in [1.165, 1.54) is 4.68 Å². The minimum Gasteiger partial charge on any atom is -0.382 e. The van der Waals surface area contributed by atoms with Crippen LogP contribution in [0.2, 0.25) is 5.02 Å². The summed E-state index contributed by atoms with van der Waals surface area (Å²) in [6.07, 6.45) is 4.65. The second-order valence-corrected chi connectivity index (χ2v) is 8.78. The Kier molecular flexibility index (Phi) is 6.92. The van der Waals surface area contributed by atoms with Crippen molar-refractivity contribution in [2.45, 2.75) is 44.7 Å². The lowest BCUT2D eigenvalue weighted by molar-refractivity contribution is -0.137. The third kappa shape index (κ3) is 4.93. The van der Waals surface area contributed by atoms with Gasteiger partial charge in [0.1, 0.15) is 5.02 Å². The number of hydrogen-bond acceptors (Lipinski definition) is 5. The van der Waals surface area contributed by atoms with E-state index in [-0.39, 0.29) is 35.0 Å². The Morgan fingerprint density at radius 1 is 1.26 bits per heavy atom. The first kappa shape index (κ1) is 21.8. The van der Waals surface area contributed by atoms with Crippen LogP contribution in [0.1, 0.15) is 50.3 Å². The zero-order valence-electron chi connectivity index (χ0n) is 17.8. The standard InChI is InChI=1S/C23H29ClN4O3/c1-16(18-7-3-2-4-8-18)27-10-9-19(12-21(27)29)28-23(30)22(24)20(14-26-28)25-13-17-6-5-11-31-15-17/h2-4,7-8,14,16-17,19,25H,5-6,9-13,15H2,1H3/t16-,17+,19-/m0/s1. The van der Waals surface area contributed by atoms with E-state index in [1.54, 1.807) is 6.20 Å². The van der Waals surface area contributed by atoms with Crippen LogP contribution < -0.4 is 10.9 Å². The van der Waals surface area contributed by atoms with Crippen molar-refractivity contribution >= 4 is 23.2 Å². The fourth-order valence-electron chi connectivity index (χ4n) is 4.41. The maximum Gasteiger partial charge on any atom is 0.287 e. The highest BCUT2D eigenvalue weighted by Crippen LogP contribution is 2.29. The molecule has 7 nitrogen and oxygen atoms in total. The number of likely N-dealkylation sites (tertiary alicyclic amines) is 1. The molecule has 0 aliphatic carbocycles. The van der Waals surface area contributed by atoms with E-state index in [4.69, 9.17) is 16.3 Å². The number of carbonyl (C=O) groups excluding carboxylic acids is 1. The molecule has 8 heteroatoms. The van der Waals surface area contributed by atoms with Crippen LogP contribution in [0.4, 0.5) is 5.69 Å². The maximum atomic E-state index is 12.9. The number of ether oxygens (including phenoxy) is 1. The Hall–Kier alpha value is -2.38. The molecular weight excluding hydrogens is 416 g/mol. The van der Waals surface area contributed by atoms with Gasteiger partial charge < -0.3 is 15.0 Å². The van der Waals surface area contributed by atoms with E-state index < -0.39 is 0 Å². The number of carbonyl (C=O) groups is 1. The molecule has 1 aromatic carbocycles. The van der Waals surface area contributed by atoms with E-state index in [9.17, 15) is 9.59 Å². The Morgan fingerprint density at radius 2 is 2.06 bits per heavy atom. The van der Waals surface area contributed by atoms with Crippen molar-refractivity contribution in [2.24, 2.45) is 5.92 Å². The summed E-state index contributed by atoms with van der Waals surface area (Å²) in [5.41, 5.74) is 1.29. The predicted molar refractivity (Wildman–Crippen MR) is 120 cm³/mol. The molecule has 4 rings (SSSR count). The number of nitrogens with one attached hydrogen (secondary N) is 1. The molecule has 3 heterocycles. The van der Waals surface area contributed by atoms with Gasteiger partial charge in [0, 0.05) is 26.1 Å². The molecule has 1 amide bonds. The van der Waals surface area contributed by atoms with Crippen LogP contribution in [-0.2, 0) is 9.53 Å². The maximum absolute atomic E-state index is 12.9. The van der Waals surface area contributed by atoms with Crippen LogP contribution in [-0.4, -0.2) is 46.9 Å². The lowest BCUT2D eigenvalue weighted by Gasteiger charge is -2.36. The van der Waals surface area contributed by atoms with E-state index in [2.05, 4.69) is 10.4 Å². The predicted octanol–water partition coefficient (Wildman–Crippen LogP) is 3.66. The Labute approximate surface area is 187 Å². The van der Waals surface area contributed by atoms with Gasteiger partial charge in [-0.3, -0.25) is 9.59 Å². The third-order valence-corrected chi connectivity index (χ3v) is 6.67. The fourth-order valence-corrected chi connectivity index (χ4v) is 4.62. The highest BCUT2D eigenvalue weighted by Gasteiger charge is 2.32. The van der Waals surface area contributed by atoms with Crippen molar-refractivity contribution in [2.75, 3.05) is 31.6 Å². The number of rotatable bonds is 6. The first-order chi connectivity index (χ1) is 15.0. The number of piperidine rings is 1. The fraction of sp³-hybridized carbons (Fsp3) is 0.522. The minimum atomic E-state index is -0.353. The van der Waals surface area contributed by atoms with Crippen LogP contribution >= 0.6 is 11.6 Å². The Bertz CT molecular complexity index is 959. The van der Waals surface area contributed by atoms with E-state index in [0.29, 0.717) is 31.1 Å². The topological polar surface area (TPSA) is 76.5 Å². The van der Waals surface area contributed by atoms with Gasteiger partial charge in [0.05, 0.1) is 30.6 Å². The molecule has 3 atom stereocenters. The minimum absolute atomic E-state index is 0.00161. The zero-order valence-corrected chi connectivity index (χ0v) is 18.6. The number of aromatic nitrogens is 2. The summed E-state index contributed by atoms with van der Waals surface area (Å²) in [5, 5.41) is 7.71. The quantitative estimate of drug-likeness (QED) is 0.735. The molecule has 0 unspecified atom stereocenters. The van der Waals surface area contributed by atoms with Gasteiger partial charge in [-0.2, -0.15) is 5.10 Å². The molecule has 0 saturated carbocycles. The SMILES string of the molecule is C[C@@H](c1ccccc1)N1CC[C@H](n2ncc(NC[C@H]3CCCOC3)c(Cl)c2=O)CC1=O. The molecule has 1 aromatic heterocycles. The van der Waals surface area contributed by atoms with Crippen LogP contribution in [0.25, 0.3) is 0 Å². The van der Waals surface area contributed by atoms with Gasteiger partial charge >= 0.3 is 0 Å². The van der Waals surface area contributed by atoms with E-state index in [1.807, 2.05) is 42.2 Å². The smallest absolute Gasteiger partial charge is 0.287 e. The van der Waals surface area contributed by atoms with Crippen molar-refractivity contribution in [3.05, 3.63) is 57.5 Å². The Morgan fingerprint density at radius 3 is 2.77 bits per heavy atom. The van der Waals surface area contributed by atoms with E-state index >= 15 is 0 Å². The molecule has 2 fully saturated rings. The number of nitrogens with zero attached hydrogens (tertiary/aromatic N) is 3. The van der Waals surface area contributed by atoms with Crippen LogP contribution in [0.3, 0.4) is 0 Å². The summed E-state index contributed by atoms with van der Waals surface area (Å²) in [7, 11) is 0. The average molecular weight is 445 g/mol. The van der Waals surface area contributed by atoms with Crippen molar-refractivity contribution in [3.8, 4) is 0 Å². The highest BCUT2D eigenvalue weighted by molar-refractivity contribution is 6.32. The molecule has 0 spiro atoms. The lowest BCUT2D eigenvalue weighted by Crippen LogP contribution is -2.43. The lowest BCUT2D eigenvalue weighted by atomic mass is 9.99. The first-order valence-electron chi connectivity index (χ1n) is 11.0. The average Bonchev–Trinajstić information content (AvgIpc) is 2.81. The van der Waals surface area contributed by atoms with Gasteiger partial charge in [0.15, 0.2) is 0 Å². The van der Waals surface area contributed by atoms with Crippen molar-refractivity contribution < 1.29 is 9.53 Å². The monoisotopic (exact) mass is 444 g/mol. The van der Waals surface area contributed by atoms with Crippen LogP contribution in [0.15, 0.2) is 41.3 Å². The van der Waals surface area contributed by atoms with Gasteiger partial charge in [0.2, 0.25) is 5.91 Å². The van der Waals surface area contributed by atoms with E-state index in [0.717, 1.165) is 31.6 Å².